The van der Waals surface area contributed by atoms with Crippen molar-refractivity contribution in [3.8, 4) is 5.75 Å². The van der Waals surface area contributed by atoms with Crippen molar-refractivity contribution in [2.24, 2.45) is 5.92 Å². The molecule has 0 radical (unpaired) electrons. The predicted molar refractivity (Wildman–Crippen MR) is 135 cm³/mol. The zero-order valence-corrected chi connectivity index (χ0v) is 21.9. The molecule has 0 aromatic heterocycles. The molecule has 2 aromatic rings. The first kappa shape index (κ1) is 29.3. The smallest absolute Gasteiger partial charge is 0.427 e. The van der Waals surface area contributed by atoms with Gasteiger partial charge in [-0.15, -0.1) is 0 Å². The van der Waals surface area contributed by atoms with Crippen LogP contribution in [0.3, 0.4) is 0 Å². The zero-order valence-electron chi connectivity index (χ0n) is 21.1. The van der Waals surface area contributed by atoms with E-state index in [1.165, 1.54) is 11.6 Å². The van der Waals surface area contributed by atoms with Gasteiger partial charge >= 0.3 is 6.18 Å². The molecule has 1 aliphatic rings. The molecule has 11 heteroatoms. The summed E-state index contributed by atoms with van der Waals surface area (Å²) in [5.74, 6) is -1.10. The molecule has 4 N–H and O–H groups in total. The minimum Gasteiger partial charge on any atom is -0.476 e. The Bertz CT molecular complexity index is 1080. The van der Waals surface area contributed by atoms with Crippen molar-refractivity contribution in [2.45, 2.75) is 57.2 Å². The highest BCUT2D eigenvalue weighted by Crippen LogP contribution is 2.33. The number of nitrogens with two attached hydrogens (primary N) is 1. The fourth-order valence-electron chi connectivity index (χ4n) is 4.37. The average molecular weight is 547 g/mol. The molecule has 0 aliphatic carbocycles. The van der Waals surface area contributed by atoms with E-state index in [2.05, 4.69) is 30.0 Å². The van der Waals surface area contributed by atoms with Crippen LogP contribution < -0.4 is 15.8 Å². The number of rotatable bonds is 10. The number of nitrogens with one attached hydrogen (secondary N) is 1. The number of halogens is 4. The first-order chi connectivity index (χ1) is 17.4. The van der Waals surface area contributed by atoms with E-state index in [9.17, 15) is 26.9 Å². The molecular weight excluding hydrogens is 512 g/mol. The van der Waals surface area contributed by atoms with Crippen LogP contribution in [0.4, 0.5) is 23.2 Å². The van der Waals surface area contributed by atoms with Crippen LogP contribution in [0.2, 0.25) is 0 Å². The third kappa shape index (κ3) is 7.89. The van der Waals surface area contributed by atoms with Crippen molar-refractivity contribution in [1.82, 2.24) is 5.32 Å². The molecule has 6 nitrogen and oxygen atoms in total. The second-order valence-electron chi connectivity index (χ2n) is 9.71. The Morgan fingerprint density at radius 1 is 1.19 bits per heavy atom. The van der Waals surface area contributed by atoms with Crippen molar-refractivity contribution in [1.29, 1.82) is 0 Å². The summed E-state index contributed by atoms with van der Waals surface area (Å²) >= 11 is 0. The predicted octanol–water partition coefficient (Wildman–Crippen LogP) is 3.93. The van der Waals surface area contributed by atoms with Gasteiger partial charge in [-0.1, -0.05) is 38.1 Å². The topological polar surface area (TPSA) is 93.8 Å². The van der Waals surface area contributed by atoms with Gasteiger partial charge in [0, 0.05) is 47.9 Å². The Hall–Kier alpha value is -2.21. The van der Waals surface area contributed by atoms with Gasteiger partial charge in [0.2, 0.25) is 6.10 Å². The summed E-state index contributed by atoms with van der Waals surface area (Å²) < 4.78 is 76.5. The molecule has 2 aromatic carbocycles. The molecule has 0 amide bonds. The second-order valence-corrected chi connectivity index (χ2v) is 11.3. The molecule has 1 fully saturated rings. The SMILES string of the molecule is COC[C@@H](Oc1cc(C[C@@H]2C[S@@](=O)C[C@H](NCc3cccc(C(C)C)c3)[C@H]2O)cc(F)c1N)C(F)(F)F. The number of alkyl halides is 3. The van der Waals surface area contributed by atoms with Gasteiger partial charge in [0.25, 0.3) is 0 Å². The van der Waals surface area contributed by atoms with Gasteiger partial charge in [0.15, 0.2) is 0 Å². The van der Waals surface area contributed by atoms with Crippen LogP contribution in [0, 0.1) is 11.7 Å². The normalized spacial score (nSPS) is 23.3. The van der Waals surface area contributed by atoms with Crippen LogP contribution in [-0.2, 0) is 28.5 Å². The maximum atomic E-state index is 14.5. The molecule has 5 atom stereocenters. The monoisotopic (exact) mass is 546 g/mol. The largest absolute Gasteiger partial charge is 0.476 e. The zero-order chi connectivity index (χ0) is 27.3. The van der Waals surface area contributed by atoms with E-state index in [1.807, 2.05) is 18.2 Å². The lowest BCUT2D eigenvalue weighted by Crippen LogP contribution is -2.53. The van der Waals surface area contributed by atoms with E-state index in [0.29, 0.717) is 12.5 Å². The number of aliphatic hydroxyl groups is 1. The van der Waals surface area contributed by atoms with Gasteiger partial charge < -0.3 is 25.6 Å². The first-order valence-electron chi connectivity index (χ1n) is 12.0. The van der Waals surface area contributed by atoms with Crippen LogP contribution >= 0.6 is 0 Å². The van der Waals surface area contributed by atoms with Crippen LogP contribution in [0.25, 0.3) is 0 Å². The Kier molecular flexibility index (Phi) is 9.96. The number of hydrogen-bond acceptors (Lipinski definition) is 6. The van der Waals surface area contributed by atoms with Crippen molar-refractivity contribution in [2.75, 3.05) is 31.0 Å². The molecule has 0 unspecified atom stereocenters. The van der Waals surface area contributed by atoms with E-state index in [0.717, 1.165) is 18.7 Å². The van der Waals surface area contributed by atoms with E-state index >= 15 is 0 Å². The van der Waals surface area contributed by atoms with Gasteiger partial charge in [-0.25, -0.2) is 4.39 Å². The summed E-state index contributed by atoms with van der Waals surface area (Å²) in [5, 5.41) is 14.3. The number of methoxy groups -OCH3 is 1. The Balaban J connectivity index is 1.74. The summed E-state index contributed by atoms with van der Waals surface area (Å²) in [6, 6.07) is 9.94. The van der Waals surface area contributed by atoms with Gasteiger partial charge in [0.1, 0.15) is 17.3 Å². The molecule has 0 bridgehead atoms. The molecule has 0 saturated carbocycles. The molecule has 37 heavy (non-hydrogen) atoms. The summed E-state index contributed by atoms with van der Waals surface area (Å²) in [6.07, 6.45) is -7.89. The fraction of sp³-hybridized carbons (Fsp3) is 0.538. The first-order valence-corrected chi connectivity index (χ1v) is 13.5. The lowest BCUT2D eigenvalue weighted by molar-refractivity contribution is -0.206. The molecule has 1 aliphatic heterocycles. The fourth-order valence-corrected chi connectivity index (χ4v) is 6.01. The highest BCUT2D eigenvalue weighted by molar-refractivity contribution is 7.85. The number of aliphatic hydroxyl groups excluding tert-OH is 1. The van der Waals surface area contributed by atoms with Crippen molar-refractivity contribution in [3.63, 3.8) is 0 Å². The van der Waals surface area contributed by atoms with Gasteiger partial charge in [-0.05, 0) is 41.2 Å². The number of ether oxygens (including phenoxy) is 2. The quantitative estimate of drug-likeness (QED) is 0.309. The van der Waals surface area contributed by atoms with E-state index in [-0.39, 0.29) is 23.5 Å². The Labute approximate surface area is 217 Å². The molecule has 1 heterocycles. The Morgan fingerprint density at radius 2 is 1.92 bits per heavy atom. The third-order valence-corrected chi connectivity index (χ3v) is 7.98. The van der Waals surface area contributed by atoms with Crippen LogP contribution in [0.5, 0.6) is 5.75 Å². The summed E-state index contributed by atoms with van der Waals surface area (Å²) in [6.45, 7) is 3.88. The third-order valence-electron chi connectivity index (χ3n) is 6.45. The van der Waals surface area contributed by atoms with Crippen molar-refractivity contribution < 1.29 is 36.4 Å². The number of anilines is 1. The molecule has 3 rings (SSSR count). The standard InChI is InChI=1S/C26H34F4N2O4S/c1-15(2)18-6-4-5-16(7-18)11-32-21-14-37(34)13-19(25(21)33)8-17-9-20(27)24(31)22(10-17)36-23(12-35-3)26(28,29)30/h4-7,9-10,15,19,21,23,25,32-33H,8,11-14,31H2,1-3H3/t19-,21+,23-,25+,37-/m1/s1. The molecule has 0 spiro atoms. The Morgan fingerprint density at radius 3 is 2.57 bits per heavy atom. The van der Waals surface area contributed by atoms with Crippen molar-refractivity contribution in [3.05, 3.63) is 58.9 Å². The average Bonchev–Trinajstić information content (AvgIpc) is 2.82. The van der Waals surface area contributed by atoms with Crippen LogP contribution in [0.15, 0.2) is 36.4 Å². The molecule has 1 saturated heterocycles. The molecule has 206 valence electrons. The molecular formula is C26H34F4N2O4S. The summed E-state index contributed by atoms with van der Waals surface area (Å²) in [4.78, 5) is 0. The highest BCUT2D eigenvalue weighted by Gasteiger charge is 2.42. The van der Waals surface area contributed by atoms with E-state index < -0.39 is 65.0 Å². The minimum absolute atomic E-state index is 0.0858. The van der Waals surface area contributed by atoms with Gasteiger partial charge in [-0.2, -0.15) is 13.2 Å². The van der Waals surface area contributed by atoms with E-state index in [1.54, 1.807) is 0 Å². The number of nitrogen functional groups attached to an aromatic ring is 1. The van der Waals surface area contributed by atoms with Gasteiger partial charge in [0.05, 0.1) is 12.7 Å². The lowest BCUT2D eigenvalue weighted by Gasteiger charge is -2.35. The lowest BCUT2D eigenvalue weighted by atomic mass is 9.91. The minimum atomic E-state index is -4.75. The maximum absolute atomic E-state index is 14.5. The summed E-state index contributed by atoms with van der Waals surface area (Å²) in [7, 11) is -0.145. The number of hydrogen-bond donors (Lipinski definition) is 3. The highest BCUT2D eigenvalue weighted by atomic mass is 32.2. The number of benzene rings is 2. The second kappa shape index (κ2) is 12.6. The van der Waals surface area contributed by atoms with Crippen LogP contribution in [-0.4, -0.2) is 59.0 Å². The van der Waals surface area contributed by atoms with Gasteiger partial charge in [-0.3, -0.25) is 4.21 Å². The summed E-state index contributed by atoms with van der Waals surface area (Å²) in [5.41, 5.74) is 7.60. The van der Waals surface area contributed by atoms with Crippen molar-refractivity contribution >= 4 is 16.5 Å². The van der Waals surface area contributed by atoms with Crippen LogP contribution in [0.1, 0.15) is 36.5 Å². The van der Waals surface area contributed by atoms with E-state index in [4.69, 9.17) is 10.5 Å². The maximum Gasteiger partial charge on any atom is 0.427 e.